The molecule has 3 rings (SSSR count). The van der Waals surface area contributed by atoms with Gasteiger partial charge in [-0.25, -0.2) is 0 Å². The molecule has 0 spiro atoms. The number of fused-ring (bicyclic) bond motifs is 1. The minimum absolute atomic E-state index is 0.314. The lowest BCUT2D eigenvalue weighted by atomic mass is 9.98. The summed E-state index contributed by atoms with van der Waals surface area (Å²) >= 11 is 5.21. The summed E-state index contributed by atoms with van der Waals surface area (Å²) in [7, 11) is 0. The Morgan fingerprint density at radius 2 is 2.28 bits per heavy atom. The van der Waals surface area contributed by atoms with Gasteiger partial charge in [0, 0.05) is 25.2 Å². The van der Waals surface area contributed by atoms with E-state index < -0.39 is 0 Å². The Labute approximate surface area is 113 Å². The smallest absolute Gasteiger partial charge is 0.0800 e. The number of aryl methyl sites for hydroxylation is 1. The molecule has 3 nitrogen and oxygen atoms in total. The fourth-order valence-electron chi connectivity index (χ4n) is 2.58. The summed E-state index contributed by atoms with van der Waals surface area (Å²) in [5, 5.41) is 6.65. The van der Waals surface area contributed by atoms with Gasteiger partial charge in [-0.05, 0) is 30.0 Å². The lowest BCUT2D eigenvalue weighted by Crippen LogP contribution is -2.39. The monoisotopic (exact) mass is 262 g/mol. The van der Waals surface area contributed by atoms with Crippen LogP contribution in [0.3, 0.4) is 0 Å². The molecule has 96 valence electrons. The summed E-state index contributed by atoms with van der Waals surface area (Å²) in [6.07, 6.45) is 3.32. The molecule has 1 fully saturated rings. The normalized spacial score (nSPS) is 23.3. The molecule has 0 bridgehead atoms. The van der Waals surface area contributed by atoms with Gasteiger partial charge in [-0.2, -0.15) is 0 Å². The topological polar surface area (TPSA) is 33.3 Å². The van der Waals surface area contributed by atoms with Crippen LogP contribution in [0.4, 0.5) is 5.69 Å². The zero-order valence-electron chi connectivity index (χ0n) is 10.4. The van der Waals surface area contributed by atoms with Crippen LogP contribution in [0.25, 0.3) is 0 Å². The lowest BCUT2D eigenvalue weighted by Gasteiger charge is -2.25. The highest BCUT2D eigenvalue weighted by Crippen LogP contribution is 2.24. The van der Waals surface area contributed by atoms with Crippen molar-refractivity contribution in [1.82, 2.24) is 5.32 Å². The van der Waals surface area contributed by atoms with Crippen molar-refractivity contribution in [3.05, 3.63) is 29.3 Å². The van der Waals surface area contributed by atoms with Gasteiger partial charge in [-0.15, -0.1) is 0 Å². The van der Waals surface area contributed by atoms with Gasteiger partial charge in [0.25, 0.3) is 0 Å². The molecule has 4 heteroatoms. The molecule has 0 amide bonds. The maximum absolute atomic E-state index is 5.74. The zero-order valence-corrected chi connectivity index (χ0v) is 11.2. The average Bonchev–Trinajstić information content (AvgIpc) is 2.40. The fourth-order valence-corrected chi connectivity index (χ4v) is 2.79. The number of anilines is 1. The van der Waals surface area contributed by atoms with Crippen LogP contribution < -0.4 is 10.6 Å². The molecule has 1 aromatic rings. The first-order chi connectivity index (χ1) is 8.81. The molecule has 1 unspecified atom stereocenters. The highest BCUT2D eigenvalue weighted by Gasteiger charge is 2.16. The second-order valence-corrected chi connectivity index (χ2v) is 5.43. The summed E-state index contributed by atoms with van der Waals surface area (Å²) < 4.78 is 5.74. The summed E-state index contributed by atoms with van der Waals surface area (Å²) in [5.41, 5.74) is 3.92. The van der Waals surface area contributed by atoms with E-state index in [4.69, 9.17) is 17.0 Å². The van der Waals surface area contributed by atoms with Crippen LogP contribution in [0.5, 0.6) is 0 Å². The van der Waals surface area contributed by atoms with Gasteiger partial charge in [0.15, 0.2) is 0 Å². The van der Waals surface area contributed by atoms with E-state index in [9.17, 15) is 0 Å². The van der Waals surface area contributed by atoms with E-state index in [1.54, 1.807) is 0 Å². The van der Waals surface area contributed by atoms with Crippen molar-refractivity contribution < 1.29 is 4.74 Å². The van der Waals surface area contributed by atoms with Gasteiger partial charge in [0.2, 0.25) is 0 Å². The number of rotatable bonds is 2. The molecule has 18 heavy (non-hydrogen) atoms. The minimum atomic E-state index is 0.314. The van der Waals surface area contributed by atoms with Crippen molar-refractivity contribution in [2.45, 2.75) is 25.4 Å². The van der Waals surface area contributed by atoms with Crippen molar-refractivity contribution >= 4 is 22.9 Å². The predicted octanol–water partition coefficient (Wildman–Crippen LogP) is 1.90. The van der Waals surface area contributed by atoms with Crippen LogP contribution in [-0.4, -0.2) is 30.8 Å². The largest absolute Gasteiger partial charge is 0.375 e. The van der Waals surface area contributed by atoms with Crippen LogP contribution in [0.1, 0.15) is 17.5 Å². The Hall–Kier alpha value is -0.970. The summed E-state index contributed by atoms with van der Waals surface area (Å²) in [5.74, 6) is 0. The number of hydrogen-bond donors (Lipinski definition) is 2. The molecule has 1 atom stereocenters. The van der Waals surface area contributed by atoms with E-state index in [0.717, 1.165) is 43.9 Å². The molecule has 0 aliphatic carbocycles. The SMILES string of the molecule is S=C1CCc2cc(CC3CNCCO3)ccc2N1. The van der Waals surface area contributed by atoms with Gasteiger partial charge in [-0.3, -0.25) is 0 Å². The Bertz CT molecular complexity index is 455. The van der Waals surface area contributed by atoms with E-state index in [1.165, 1.54) is 16.8 Å². The second-order valence-electron chi connectivity index (χ2n) is 4.94. The summed E-state index contributed by atoms with van der Waals surface area (Å²) in [4.78, 5) is 0.954. The van der Waals surface area contributed by atoms with Crippen molar-refractivity contribution in [3.63, 3.8) is 0 Å². The standard InChI is InChI=1S/C14H18N2OS/c18-14-4-2-11-7-10(1-3-13(11)16-14)8-12-9-15-5-6-17-12/h1,3,7,12,15H,2,4-6,8-9H2,(H,16,18). The molecular formula is C14H18N2OS. The molecule has 0 saturated carbocycles. The summed E-state index contributed by atoms with van der Waals surface area (Å²) in [6.45, 7) is 2.76. The number of thiocarbonyl (C=S) groups is 1. The lowest BCUT2D eigenvalue weighted by molar-refractivity contribution is 0.0292. The Balaban J connectivity index is 1.71. The van der Waals surface area contributed by atoms with Crippen molar-refractivity contribution in [3.8, 4) is 0 Å². The third kappa shape index (κ3) is 2.71. The number of ether oxygens (including phenoxy) is 1. The molecule has 1 aromatic carbocycles. The Kier molecular flexibility index (Phi) is 3.59. The predicted molar refractivity (Wildman–Crippen MR) is 77.3 cm³/mol. The molecule has 0 radical (unpaired) electrons. The van der Waals surface area contributed by atoms with Crippen LogP contribution >= 0.6 is 12.2 Å². The summed E-state index contributed by atoms with van der Waals surface area (Å²) in [6, 6.07) is 6.62. The van der Waals surface area contributed by atoms with E-state index in [2.05, 4.69) is 28.8 Å². The second kappa shape index (κ2) is 5.34. The Morgan fingerprint density at radius 1 is 1.33 bits per heavy atom. The Morgan fingerprint density at radius 3 is 3.11 bits per heavy atom. The van der Waals surface area contributed by atoms with Gasteiger partial charge in [-0.1, -0.05) is 24.4 Å². The van der Waals surface area contributed by atoms with Crippen LogP contribution in [0, 0.1) is 0 Å². The van der Waals surface area contributed by atoms with Gasteiger partial charge in [0.1, 0.15) is 0 Å². The van der Waals surface area contributed by atoms with Gasteiger partial charge < -0.3 is 15.4 Å². The highest BCUT2D eigenvalue weighted by atomic mass is 32.1. The third-order valence-corrected chi connectivity index (χ3v) is 3.84. The van der Waals surface area contributed by atoms with E-state index in [-0.39, 0.29) is 0 Å². The van der Waals surface area contributed by atoms with Crippen LogP contribution in [-0.2, 0) is 17.6 Å². The highest BCUT2D eigenvalue weighted by molar-refractivity contribution is 7.80. The molecule has 1 saturated heterocycles. The van der Waals surface area contributed by atoms with Crippen LogP contribution in [0.2, 0.25) is 0 Å². The maximum Gasteiger partial charge on any atom is 0.0800 e. The molecule has 2 aliphatic rings. The minimum Gasteiger partial charge on any atom is -0.375 e. The third-order valence-electron chi connectivity index (χ3n) is 3.53. The number of nitrogens with one attached hydrogen (secondary N) is 2. The molecule has 0 aromatic heterocycles. The fraction of sp³-hybridized carbons (Fsp3) is 0.500. The first-order valence-corrected chi connectivity index (χ1v) is 6.96. The van der Waals surface area contributed by atoms with Gasteiger partial charge >= 0.3 is 0 Å². The van der Waals surface area contributed by atoms with Gasteiger partial charge in [0.05, 0.1) is 17.7 Å². The first kappa shape index (κ1) is 12.1. The van der Waals surface area contributed by atoms with Crippen molar-refractivity contribution in [2.24, 2.45) is 0 Å². The van der Waals surface area contributed by atoms with E-state index >= 15 is 0 Å². The first-order valence-electron chi connectivity index (χ1n) is 6.55. The average molecular weight is 262 g/mol. The molecule has 2 heterocycles. The molecule has 2 aliphatic heterocycles. The molecule has 2 N–H and O–H groups in total. The number of benzene rings is 1. The molecular weight excluding hydrogens is 244 g/mol. The number of morpholine rings is 1. The quantitative estimate of drug-likeness (QED) is 0.798. The van der Waals surface area contributed by atoms with Crippen molar-refractivity contribution in [2.75, 3.05) is 25.0 Å². The number of hydrogen-bond acceptors (Lipinski definition) is 3. The zero-order chi connectivity index (χ0) is 12.4. The van der Waals surface area contributed by atoms with E-state index in [1.807, 2.05) is 0 Å². The van der Waals surface area contributed by atoms with E-state index in [0.29, 0.717) is 6.10 Å². The van der Waals surface area contributed by atoms with Crippen molar-refractivity contribution in [1.29, 1.82) is 0 Å². The van der Waals surface area contributed by atoms with Crippen LogP contribution in [0.15, 0.2) is 18.2 Å². The maximum atomic E-state index is 5.74.